The van der Waals surface area contributed by atoms with Crippen LogP contribution in [0.2, 0.25) is 0 Å². The molecule has 0 saturated carbocycles. The zero-order valence-corrected chi connectivity index (χ0v) is 18.7. The molecule has 0 bridgehead atoms. The quantitative estimate of drug-likeness (QED) is 0.282. The predicted molar refractivity (Wildman–Crippen MR) is 100 cm³/mol. The summed E-state index contributed by atoms with van der Waals surface area (Å²) < 4.78 is 31.5. The van der Waals surface area contributed by atoms with Crippen molar-refractivity contribution < 1.29 is 52.4 Å². The summed E-state index contributed by atoms with van der Waals surface area (Å²) in [5.74, 6) is -0.694. The van der Waals surface area contributed by atoms with Gasteiger partial charge in [0.15, 0.2) is 5.12 Å². The van der Waals surface area contributed by atoms with Gasteiger partial charge in [0.2, 0.25) is 0 Å². The molecule has 0 heterocycles. The third-order valence-electron chi connectivity index (χ3n) is 3.52. The molecule has 1 N–H and O–H groups in total. The van der Waals surface area contributed by atoms with E-state index in [0.29, 0.717) is 6.42 Å². The number of rotatable bonds is 7. The maximum absolute atomic E-state index is 12.6. The summed E-state index contributed by atoms with van der Waals surface area (Å²) in [6.07, 6.45) is 0.418. The molecular formula is C18H18NNaO5S2. The van der Waals surface area contributed by atoms with Gasteiger partial charge in [-0.05, 0) is 36.1 Å². The molecule has 2 aromatic carbocycles. The van der Waals surface area contributed by atoms with Crippen LogP contribution >= 0.6 is 11.8 Å². The molecule has 0 aliphatic carbocycles. The van der Waals surface area contributed by atoms with Crippen LogP contribution in [0.3, 0.4) is 0 Å². The van der Waals surface area contributed by atoms with E-state index in [1.807, 2.05) is 30.3 Å². The number of hydrogen-bond donors (Lipinski definition) is 1. The molecule has 138 valence electrons. The fourth-order valence-electron chi connectivity index (χ4n) is 2.27. The molecule has 27 heavy (non-hydrogen) atoms. The summed E-state index contributed by atoms with van der Waals surface area (Å²) in [4.78, 5) is 14.9. The molecule has 9 heteroatoms. The zero-order valence-electron chi connectivity index (χ0n) is 15.0. The fourth-order valence-corrected chi connectivity index (χ4v) is 3.48. The summed E-state index contributed by atoms with van der Waals surface area (Å²) in [6, 6.07) is 14.6. The molecule has 0 aromatic heterocycles. The van der Waals surface area contributed by atoms with E-state index >= 15 is 0 Å². The van der Waals surface area contributed by atoms with Crippen LogP contribution in [0.25, 0.3) is 0 Å². The zero-order chi connectivity index (χ0) is 19.2. The summed E-state index contributed by atoms with van der Waals surface area (Å²) in [7, 11) is -4.37. The number of aliphatic imine (C=N–C) groups is 1. The first-order valence-electron chi connectivity index (χ1n) is 7.76. The number of carbonyl (C=O) groups is 1. The van der Waals surface area contributed by atoms with Crippen molar-refractivity contribution in [3.8, 4) is 0 Å². The maximum atomic E-state index is 12.6. The van der Waals surface area contributed by atoms with Gasteiger partial charge in [0, 0.05) is 18.6 Å². The van der Waals surface area contributed by atoms with Crippen LogP contribution in [0.5, 0.6) is 0 Å². The van der Waals surface area contributed by atoms with E-state index in [9.17, 15) is 18.3 Å². The third-order valence-corrected chi connectivity index (χ3v) is 5.34. The van der Waals surface area contributed by atoms with Gasteiger partial charge in [-0.25, -0.2) is 0 Å². The van der Waals surface area contributed by atoms with Crippen LogP contribution in [-0.2, 0) is 21.3 Å². The molecule has 0 saturated heterocycles. The van der Waals surface area contributed by atoms with E-state index in [0.717, 1.165) is 23.4 Å². The predicted octanol–water partition coefficient (Wildman–Crippen LogP) is -0.534. The van der Waals surface area contributed by atoms with Gasteiger partial charge in [-0.2, -0.15) is 8.42 Å². The Morgan fingerprint density at radius 3 is 2.44 bits per heavy atom. The van der Waals surface area contributed by atoms with Crippen LogP contribution in [0.1, 0.15) is 12.5 Å². The van der Waals surface area contributed by atoms with Crippen LogP contribution in [0, 0.1) is 5.92 Å². The van der Waals surface area contributed by atoms with Crippen molar-refractivity contribution in [2.75, 3.05) is 5.75 Å². The van der Waals surface area contributed by atoms with E-state index < -0.39 is 21.9 Å². The van der Waals surface area contributed by atoms with Gasteiger partial charge >= 0.3 is 29.6 Å². The van der Waals surface area contributed by atoms with Gasteiger partial charge in [0.1, 0.15) is 0 Å². The van der Waals surface area contributed by atoms with Crippen molar-refractivity contribution in [2.24, 2.45) is 10.9 Å². The summed E-state index contributed by atoms with van der Waals surface area (Å²) >= 11 is 1.05. The largest absolute Gasteiger partial charge is 1.00 e. The van der Waals surface area contributed by atoms with E-state index in [4.69, 9.17) is 4.55 Å². The number of hydrogen-bond acceptors (Lipinski definition) is 6. The van der Waals surface area contributed by atoms with Crippen LogP contribution < -0.4 is 34.7 Å². The second-order valence-electron chi connectivity index (χ2n) is 5.61. The molecule has 1 atom stereocenters. The number of benzene rings is 2. The topological polar surface area (TPSA) is 107 Å². The van der Waals surface area contributed by atoms with E-state index in [1.165, 1.54) is 25.1 Å². The molecule has 1 unspecified atom stereocenters. The van der Waals surface area contributed by atoms with Crippen molar-refractivity contribution in [2.45, 2.75) is 18.2 Å². The van der Waals surface area contributed by atoms with Crippen molar-refractivity contribution in [3.63, 3.8) is 0 Å². The maximum Gasteiger partial charge on any atom is 1.00 e. The van der Waals surface area contributed by atoms with Crippen LogP contribution in [0.15, 0.2) is 64.5 Å². The SMILES string of the molecule is CC(=O)SCC(Cc1ccccc1)C([O-])=Nc1cccc(S(=O)(=O)O)c1.[Na+]. The molecule has 0 radical (unpaired) electrons. The number of nitrogens with zero attached hydrogens (tertiary/aromatic N) is 1. The van der Waals surface area contributed by atoms with Gasteiger partial charge < -0.3 is 5.11 Å². The van der Waals surface area contributed by atoms with Gasteiger partial charge in [0.05, 0.1) is 10.6 Å². The van der Waals surface area contributed by atoms with E-state index in [2.05, 4.69) is 4.99 Å². The Morgan fingerprint density at radius 2 is 1.85 bits per heavy atom. The molecule has 2 aromatic rings. The first-order valence-corrected chi connectivity index (χ1v) is 10.2. The van der Waals surface area contributed by atoms with Gasteiger partial charge in [-0.3, -0.25) is 14.3 Å². The summed E-state index contributed by atoms with van der Waals surface area (Å²) in [5.41, 5.74) is 1.08. The molecule has 0 fully saturated rings. The second-order valence-corrected chi connectivity index (χ2v) is 8.23. The van der Waals surface area contributed by atoms with Gasteiger partial charge in [-0.15, -0.1) is 0 Å². The van der Waals surface area contributed by atoms with Crippen LogP contribution in [-0.4, -0.2) is 29.7 Å². The molecule has 0 aliphatic heterocycles. The standard InChI is InChI=1S/C18H19NO5S2.Na/c1-13(20)25-12-15(10-14-6-3-2-4-7-14)18(21)19-16-8-5-9-17(11-16)26(22,23)24;/h2-9,11,15H,10,12H2,1H3,(H,19,21)(H,22,23,24);/q;+1/p-1. The van der Waals surface area contributed by atoms with E-state index in [-0.39, 0.29) is 51.0 Å². The number of thioether (sulfide) groups is 1. The Bertz CT molecular complexity index is 901. The minimum absolute atomic E-state index is 0. The first kappa shape index (κ1) is 23.9. The minimum Gasteiger partial charge on any atom is -0.861 e. The van der Waals surface area contributed by atoms with Gasteiger partial charge in [0.25, 0.3) is 10.1 Å². The van der Waals surface area contributed by atoms with Crippen LogP contribution in [0.4, 0.5) is 5.69 Å². The molecular weight excluding hydrogens is 397 g/mol. The minimum atomic E-state index is -4.37. The van der Waals surface area contributed by atoms with Gasteiger partial charge in [-0.1, -0.05) is 48.2 Å². The summed E-state index contributed by atoms with van der Waals surface area (Å²) in [6.45, 7) is 1.43. The average Bonchev–Trinajstić information content (AvgIpc) is 2.58. The average molecular weight is 415 g/mol. The molecule has 0 aliphatic rings. The molecule has 6 nitrogen and oxygen atoms in total. The van der Waals surface area contributed by atoms with Crippen molar-refractivity contribution in [1.82, 2.24) is 0 Å². The molecule has 2 rings (SSSR count). The monoisotopic (exact) mass is 415 g/mol. The smallest absolute Gasteiger partial charge is 0.861 e. The van der Waals surface area contributed by atoms with Crippen molar-refractivity contribution in [1.29, 1.82) is 0 Å². The Kier molecular flexibility index (Phi) is 9.72. The number of carbonyl (C=O) groups excluding carboxylic acids is 1. The van der Waals surface area contributed by atoms with Crippen molar-refractivity contribution >= 4 is 38.6 Å². The molecule has 0 amide bonds. The Hall–Kier alpha value is -1.16. The summed E-state index contributed by atoms with van der Waals surface area (Å²) in [5, 5.41) is 12.5. The Labute approximate surface area is 185 Å². The third kappa shape index (κ3) is 8.16. The normalized spacial score (nSPS) is 12.9. The Morgan fingerprint density at radius 1 is 1.19 bits per heavy atom. The Balaban J connectivity index is 0.00000364. The van der Waals surface area contributed by atoms with E-state index in [1.54, 1.807) is 0 Å². The first-order chi connectivity index (χ1) is 12.3. The fraction of sp³-hybridized carbons (Fsp3) is 0.222. The molecule has 0 spiro atoms. The van der Waals surface area contributed by atoms with Crippen molar-refractivity contribution in [3.05, 3.63) is 60.2 Å². The second kappa shape index (κ2) is 11.0.